The van der Waals surface area contributed by atoms with Crippen molar-refractivity contribution in [1.82, 2.24) is 4.90 Å². The number of likely N-dealkylation sites (tertiary alicyclic amines) is 1. The minimum absolute atomic E-state index is 0.0814. The number of halogens is 1. The molecule has 1 aliphatic heterocycles. The molecule has 0 saturated carbocycles. The molecule has 0 spiro atoms. The summed E-state index contributed by atoms with van der Waals surface area (Å²) in [5.74, 6) is -0.544. The third kappa shape index (κ3) is 3.19. The zero-order valence-electron chi connectivity index (χ0n) is 12.6. The number of aromatic hydroxyl groups is 1. The van der Waals surface area contributed by atoms with Gasteiger partial charge in [-0.15, -0.1) is 0 Å². The van der Waals surface area contributed by atoms with Crippen molar-refractivity contribution < 1.29 is 19.4 Å². The molecule has 1 heterocycles. The van der Waals surface area contributed by atoms with Crippen molar-refractivity contribution in [3.63, 3.8) is 0 Å². The van der Waals surface area contributed by atoms with E-state index >= 15 is 0 Å². The lowest BCUT2D eigenvalue weighted by atomic mass is 9.85. The number of amides is 1. The Morgan fingerprint density at radius 2 is 1.91 bits per heavy atom. The predicted molar refractivity (Wildman–Crippen MR) is 83.5 cm³/mol. The van der Waals surface area contributed by atoms with E-state index in [9.17, 15) is 19.4 Å². The molecular weight excluding hydrogens is 297 g/mol. The van der Waals surface area contributed by atoms with Gasteiger partial charge in [0.1, 0.15) is 17.2 Å². The van der Waals surface area contributed by atoms with Crippen molar-refractivity contribution in [2.75, 3.05) is 13.1 Å². The number of carbonyl (C=O) groups excluding carboxylic acids is 1. The minimum atomic E-state index is -1.19. The molecule has 0 aliphatic carbocycles. The first-order valence-corrected chi connectivity index (χ1v) is 7.55. The lowest BCUT2D eigenvalue weighted by Gasteiger charge is -2.39. The minimum Gasteiger partial charge on any atom is -0.508 e. The van der Waals surface area contributed by atoms with E-state index in [0.29, 0.717) is 30.5 Å². The van der Waals surface area contributed by atoms with Gasteiger partial charge < -0.3 is 15.1 Å². The Morgan fingerprint density at radius 1 is 1.17 bits per heavy atom. The van der Waals surface area contributed by atoms with Gasteiger partial charge in [-0.25, -0.2) is 4.39 Å². The smallest absolute Gasteiger partial charge is 0.253 e. The van der Waals surface area contributed by atoms with E-state index in [1.54, 1.807) is 17.0 Å². The molecule has 2 N–H and O–H groups in total. The zero-order chi connectivity index (χ0) is 16.4. The van der Waals surface area contributed by atoms with Crippen LogP contribution in [0.3, 0.4) is 0 Å². The molecule has 1 fully saturated rings. The third-order valence-corrected chi connectivity index (χ3v) is 4.23. The van der Waals surface area contributed by atoms with Crippen LogP contribution in [0, 0.1) is 5.82 Å². The van der Waals surface area contributed by atoms with E-state index in [1.165, 1.54) is 36.4 Å². The highest BCUT2D eigenvalue weighted by Crippen LogP contribution is 2.33. The average molecular weight is 315 g/mol. The summed E-state index contributed by atoms with van der Waals surface area (Å²) < 4.78 is 13.0. The fourth-order valence-electron chi connectivity index (χ4n) is 3.02. The summed E-state index contributed by atoms with van der Waals surface area (Å²) in [5, 5.41) is 20.5. The number of phenols is 1. The molecule has 1 amide bonds. The number of carbonyl (C=O) groups is 1. The van der Waals surface area contributed by atoms with Gasteiger partial charge in [-0.3, -0.25) is 4.79 Å². The molecule has 4 nitrogen and oxygen atoms in total. The number of benzene rings is 2. The van der Waals surface area contributed by atoms with Crippen molar-refractivity contribution in [2.24, 2.45) is 0 Å². The summed E-state index contributed by atoms with van der Waals surface area (Å²) in [7, 11) is 0. The van der Waals surface area contributed by atoms with Crippen molar-refractivity contribution in [3.8, 4) is 5.75 Å². The maximum absolute atomic E-state index is 13.0. The number of nitrogens with zero attached hydrogens (tertiary/aromatic N) is 1. The van der Waals surface area contributed by atoms with Gasteiger partial charge in [-0.2, -0.15) is 0 Å². The number of β-amino-alcohol motifs (C(OH)–C–C–N with tert-alkyl or cyclic N) is 1. The molecule has 120 valence electrons. The second-order valence-electron chi connectivity index (χ2n) is 5.92. The van der Waals surface area contributed by atoms with Crippen LogP contribution in [0.4, 0.5) is 4.39 Å². The Labute approximate surface area is 133 Å². The molecular formula is C18H18FNO3. The molecule has 3 rings (SSSR count). The Hall–Kier alpha value is -2.40. The SMILES string of the molecule is O=C(c1ccc(F)cc1)N1CCCC(O)(c2cccc(O)c2)C1. The van der Waals surface area contributed by atoms with Gasteiger partial charge in [-0.1, -0.05) is 12.1 Å². The first-order valence-electron chi connectivity index (χ1n) is 7.55. The Morgan fingerprint density at radius 3 is 2.61 bits per heavy atom. The lowest BCUT2D eigenvalue weighted by Crippen LogP contribution is -2.48. The van der Waals surface area contributed by atoms with Gasteiger partial charge in [0.15, 0.2) is 0 Å². The van der Waals surface area contributed by atoms with Crippen LogP contribution in [-0.2, 0) is 5.60 Å². The molecule has 1 aliphatic rings. The molecule has 5 heteroatoms. The van der Waals surface area contributed by atoms with E-state index in [-0.39, 0.29) is 18.2 Å². The molecule has 1 saturated heterocycles. The van der Waals surface area contributed by atoms with Crippen molar-refractivity contribution in [3.05, 3.63) is 65.5 Å². The highest BCUT2D eigenvalue weighted by atomic mass is 19.1. The van der Waals surface area contributed by atoms with Gasteiger partial charge in [0.05, 0.1) is 6.54 Å². The molecule has 0 radical (unpaired) electrons. The monoisotopic (exact) mass is 315 g/mol. The molecule has 0 bridgehead atoms. The molecule has 2 aromatic rings. The highest BCUT2D eigenvalue weighted by molar-refractivity contribution is 5.94. The molecule has 0 aromatic heterocycles. The lowest BCUT2D eigenvalue weighted by molar-refractivity contribution is -0.0290. The third-order valence-electron chi connectivity index (χ3n) is 4.23. The van der Waals surface area contributed by atoms with Crippen LogP contribution >= 0.6 is 0 Å². The molecule has 23 heavy (non-hydrogen) atoms. The number of piperidine rings is 1. The van der Waals surface area contributed by atoms with Crippen LogP contribution in [0.25, 0.3) is 0 Å². The number of hydrogen-bond acceptors (Lipinski definition) is 3. The predicted octanol–water partition coefficient (Wildman–Crippen LogP) is 2.66. The summed E-state index contributed by atoms with van der Waals surface area (Å²) in [6.07, 6.45) is 1.17. The quantitative estimate of drug-likeness (QED) is 0.895. The van der Waals surface area contributed by atoms with Crippen molar-refractivity contribution >= 4 is 5.91 Å². The van der Waals surface area contributed by atoms with E-state index in [1.807, 2.05) is 0 Å². The topological polar surface area (TPSA) is 60.8 Å². The summed E-state index contributed by atoms with van der Waals surface area (Å²) in [6, 6.07) is 11.9. The molecule has 2 aromatic carbocycles. The molecule has 1 atom stereocenters. The Kier molecular flexibility index (Phi) is 4.05. The first kappa shape index (κ1) is 15.5. The van der Waals surface area contributed by atoms with Gasteiger partial charge in [0.25, 0.3) is 5.91 Å². The fourth-order valence-corrected chi connectivity index (χ4v) is 3.02. The van der Waals surface area contributed by atoms with Crippen molar-refractivity contribution in [1.29, 1.82) is 0 Å². The van der Waals surface area contributed by atoms with E-state index in [2.05, 4.69) is 0 Å². The summed E-state index contributed by atoms with van der Waals surface area (Å²) >= 11 is 0. The average Bonchev–Trinajstić information content (AvgIpc) is 2.55. The van der Waals surface area contributed by atoms with Gasteiger partial charge in [0, 0.05) is 12.1 Å². The Bertz CT molecular complexity index is 716. The van der Waals surface area contributed by atoms with E-state index in [4.69, 9.17) is 0 Å². The summed E-state index contributed by atoms with van der Waals surface area (Å²) in [4.78, 5) is 14.1. The second-order valence-corrected chi connectivity index (χ2v) is 5.92. The number of phenolic OH excluding ortho intramolecular Hbond substituents is 1. The second kappa shape index (κ2) is 6.01. The van der Waals surface area contributed by atoms with Crippen LogP contribution in [0.15, 0.2) is 48.5 Å². The largest absolute Gasteiger partial charge is 0.508 e. The number of hydrogen-bond donors (Lipinski definition) is 2. The maximum atomic E-state index is 13.0. The standard InChI is InChI=1S/C18H18FNO3/c19-15-7-5-13(6-8-15)17(22)20-10-2-9-18(23,12-20)14-3-1-4-16(21)11-14/h1,3-8,11,21,23H,2,9-10,12H2. The number of aliphatic hydroxyl groups is 1. The molecule has 1 unspecified atom stereocenters. The summed E-state index contributed by atoms with van der Waals surface area (Å²) in [5.41, 5.74) is -0.201. The fraction of sp³-hybridized carbons (Fsp3) is 0.278. The van der Waals surface area contributed by atoms with Crippen LogP contribution < -0.4 is 0 Å². The van der Waals surface area contributed by atoms with Crippen LogP contribution in [0.5, 0.6) is 5.75 Å². The van der Waals surface area contributed by atoms with Crippen LogP contribution in [-0.4, -0.2) is 34.1 Å². The van der Waals surface area contributed by atoms with Gasteiger partial charge in [-0.05, 0) is 54.8 Å². The van der Waals surface area contributed by atoms with Crippen LogP contribution in [0.2, 0.25) is 0 Å². The van der Waals surface area contributed by atoms with Crippen molar-refractivity contribution in [2.45, 2.75) is 18.4 Å². The van der Waals surface area contributed by atoms with Gasteiger partial charge >= 0.3 is 0 Å². The Balaban J connectivity index is 1.82. The van der Waals surface area contributed by atoms with E-state index < -0.39 is 11.4 Å². The number of rotatable bonds is 2. The summed E-state index contributed by atoms with van der Waals surface area (Å²) in [6.45, 7) is 0.685. The highest BCUT2D eigenvalue weighted by Gasteiger charge is 2.37. The normalized spacial score (nSPS) is 21.2. The van der Waals surface area contributed by atoms with Gasteiger partial charge in [0.2, 0.25) is 0 Å². The van der Waals surface area contributed by atoms with E-state index in [0.717, 1.165) is 0 Å². The first-order chi connectivity index (χ1) is 11.0. The maximum Gasteiger partial charge on any atom is 0.253 e. The van der Waals surface area contributed by atoms with Crippen LogP contribution in [0.1, 0.15) is 28.8 Å². The zero-order valence-corrected chi connectivity index (χ0v) is 12.6.